The van der Waals surface area contributed by atoms with E-state index in [0.29, 0.717) is 17.8 Å². The fourth-order valence-electron chi connectivity index (χ4n) is 4.73. The largest absolute Gasteiger partial charge is 0.508 e. The van der Waals surface area contributed by atoms with E-state index in [9.17, 15) is 19.5 Å². The van der Waals surface area contributed by atoms with Gasteiger partial charge in [0.1, 0.15) is 17.5 Å². The van der Waals surface area contributed by atoms with Crippen LogP contribution in [0.3, 0.4) is 0 Å². The number of likely N-dealkylation sites (tertiary alicyclic amines) is 1. The molecule has 4 rings (SSSR count). The number of carbonyl (C=O) groups excluding carboxylic acids is 3. The molecular weight excluding hydrogens is 524 g/mol. The third-order valence-corrected chi connectivity index (χ3v) is 6.81. The lowest BCUT2D eigenvalue weighted by Crippen LogP contribution is -2.52. The zero-order chi connectivity index (χ0) is 29.2. The average molecular weight is 561 g/mol. The number of urea groups is 1. The van der Waals surface area contributed by atoms with Gasteiger partial charge in [-0.2, -0.15) is 0 Å². The number of esters is 1. The third-order valence-electron chi connectivity index (χ3n) is 6.81. The van der Waals surface area contributed by atoms with Crippen LogP contribution in [0.1, 0.15) is 34.8 Å². The Morgan fingerprint density at radius 3 is 2.49 bits per heavy atom. The lowest BCUT2D eigenvalue weighted by atomic mass is 10.0. The molecule has 1 unspecified atom stereocenters. The van der Waals surface area contributed by atoms with Crippen molar-refractivity contribution in [2.75, 3.05) is 32.1 Å². The van der Waals surface area contributed by atoms with Gasteiger partial charge in [-0.3, -0.25) is 9.69 Å². The van der Waals surface area contributed by atoms with Gasteiger partial charge in [-0.25, -0.2) is 9.59 Å². The minimum absolute atomic E-state index is 0.0595. The Morgan fingerprint density at radius 2 is 1.78 bits per heavy atom. The Balaban J connectivity index is 1.37. The standard InChI is InChI=1S/C31H36N4O6/c1-3-41-30(38)23-9-11-24(12-10-23)33-31(39)34-28(18-21-7-13-26(36)14-8-21)29(37)32-25-15-16-35(20-25)19-22-5-4-6-27(17-22)40-2/h4-14,17,25,28,36H,3,15-16,18-20H2,1-2H3,(H,32,37)(H2,33,34,39)/t25?,28-/m0/s1. The summed E-state index contributed by atoms with van der Waals surface area (Å²) in [5.74, 6) is 0.193. The minimum Gasteiger partial charge on any atom is -0.508 e. The van der Waals surface area contributed by atoms with Crippen molar-refractivity contribution in [3.8, 4) is 11.5 Å². The molecule has 1 aliphatic rings. The Morgan fingerprint density at radius 1 is 1.02 bits per heavy atom. The summed E-state index contributed by atoms with van der Waals surface area (Å²) in [5, 5.41) is 18.2. The van der Waals surface area contributed by atoms with E-state index in [4.69, 9.17) is 9.47 Å². The zero-order valence-electron chi connectivity index (χ0n) is 23.3. The molecule has 1 saturated heterocycles. The zero-order valence-corrected chi connectivity index (χ0v) is 23.3. The molecule has 216 valence electrons. The number of phenols is 1. The van der Waals surface area contributed by atoms with Gasteiger partial charge in [-0.05, 0) is 73.0 Å². The number of amides is 3. The molecule has 0 bridgehead atoms. The van der Waals surface area contributed by atoms with Crippen molar-refractivity contribution in [1.29, 1.82) is 0 Å². The first-order valence-corrected chi connectivity index (χ1v) is 13.6. The molecule has 0 aliphatic carbocycles. The fourth-order valence-corrected chi connectivity index (χ4v) is 4.73. The number of hydrogen-bond acceptors (Lipinski definition) is 7. The molecule has 10 heteroatoms. The maximum Gasteiger partial charge on any atom is 0.338 e. The van der Waals surface area contributed by atoms with Crippen LogP contribution in [-0.4, -0.2) is 66.8 Å². The van der Waals surface area contributed by atoms with Crippen LogP contribution < -0.4 is 20.7 Å². The molecule has 3 aromatic carbocycles. The summed E-state index contributed by atoms with van der Waals surface area (Å²) in [6.45, 7) is 4.27. The van der Waals surface area contributed by atoms with Crippen LogP contribution in [-0.2, 0) is 22.5 Å². The van der Waals surface area contributed by atoms with E-state index in [-0.39, 0.29) is 30.7 Å². The molecular formula is C31H36N4O6. The number of phenolic OH excluding ortho intramolecular Hbond substituents is 1. The number of ether oxygens (including phenoxy) is 2. The van der Waals surface area contributed by atoms with Crippen molar-refractivity contribution >= 4 is 23.6 Å². The summed E-state index contributed by atoms with van der Waals surface area (Å²) < 4.78 is 10.3. The summed E-state index contributed by atoms with van der Waals surface area (Å²) in [7, 11) is 1.64. The number of aromatic hydroxyl groups is 1. The number of benzene rings is 3. The van der Waals surface area contributed by atoms with Gasteiger partial charge in [0.25, 0.3) is 0 Å². The van der Waals surface area contributed by atoms with Crippen LogP contribution in [0.4, 0.5) is 10.5 Å². The third kappa shape index (κ3) is 8.71. The van der Waals surface area contributed by atoms with E-state index >= 15 is 0 Å². The van der Waals surface area contributed by atoms with Crippen LogP contribution >= 0.6 is 0 Å². The maximum absolute atomic E-state index is 13.4. The highest BCUT2D eigenvalue weighted by Crippen LogP contribution is 2.18. The molecule has 0 radical (unpaired) electrons. The number of carbonyl (C=O) groups is 3. The number of anilines is 1. The number of rotatable bonds is 11. The van der Waals surface area contributed by atoms with Gasteiger partial charge in [0.05, 0.1) is 19.3 Å². The van der Waals surface area contributed by atoms with Crippen molar-refractivity contribution < 1.29 is 29.0 Å². The second kappa shape index (κ2) is 14.2. The van der Waals surface area contributed by atoms with Gasteiger partial charge in [-0.1, -0.05) is 24.3 Å². The first-order chi connectivity index (χ1) is 19.8. The van der Waals surface area contributed by atoms with E-state index in [2.05, 4.69) is 26.9 Å². The molecule has 3 amide bonds. The van der Waals surface area contributed by atoms with Crippen LogP contribution in [0, 0.1) is 0 Å². The van der Waals surface area contributed by atoms with Crippen LogP contribution in [0.25, 0.3) is 0 Å². The van der Waals surface area contributed by atoms with E-state index in [1.165, 1.54) is 0 Å². The molecule has 2 atom stereocenters. The Labute approximate surface area is 239 Å². The number of methoxy groups -OCH3 is 1. The summed E-state index contributed by atoms with van der Waals surface area (Å²) in [6, 6.07) is 19.3. The van der Waals surface area contributed by atoms with Crippen molar-refractivity contribution in [3.63, 3.8) is 0 Å². The predicted octanol–water partition coefficient (Wildman–Crippen LogP) is 3.70. The highest BCUT2D eigenvalue weighted by molar-refractivity contribution is 5.95. The SMILES string of the molecule is CCOC(=O)c1ccc(NC(=O)N[C@@H](Cc2ccc(O)cc2)C(=O)NC2CCN(Cc3cccc(OC)c3)C2)cc1. The Bertz CT molecular complexity index is 1330. The molecule has 1 heterocycles. The molecule has 41 heavy (non-hydrogen) atoms. The lowest BCUT2D eigenvalue weighted by molar-refractivity contribution is -0.123. The topological polar surface area (TPSA) is 129 Å². The molecule has 4 N–H and O–H groups in total. The second-order valence-corrected chi connectivity index (χ2v) is 9.90. The van der Waals surface area contributed by atoms with Crippen LogP contribution in [0.5, 0.6) is 11.5 Å². The molecule has 1 fully saturated rings. The van der Waals surface area contributed by atoms with Crippen molar-refractivity contribution in [2.45, 2.75) is 38.4 Å². The van der Waals surface area contributed by atoms with Gasteiger partial charge in [-0.15, -0.1) is 0 Å². The van der Waals surface area contributed by atoms with Crippen molar-refractivity contribution in [3.05, 3.63) is 89.5 Å². The van der Waals surface area contributed by atoms with Crippen LogP contribution in [0.15, 0.2) is 72.8 Å². The van der Waals surface area contributed by atoms with Gasteiger partial charge in [0, 0.05) is 37.8 Å². The van der Waals surface area contributed by atoms with Crippen molar-refractivity contribution in [2.24, 2.45) is 0 Å². The summed E-state index contributed by atoms with van der Waals surface area (Å²) in [5.41, 5.74) is 2.76. The molecule has 10 nitrogen and oxygen atoms in total. The van der Waals surface area contributed by atoms with Gasteiger partial charge >= 0.3 is 12.0 Å². The highest BCUT2D eigenvalue weighted by Gasteiger charge is 2.28. The first-order valence-electron chi connectivity index (χ1n) is 13.6. The monoisotopic (exact) mass is 560 g/mol. The molecule has 3 aromatic rings. The molecule has 1 aliphatic heterocycles. The number of nitrogens with zero attached hydrogens (tertiary/aromatic N) is 1. The summed E-state index contributed by atoms with van der Waals surface area (Å²) in [4.78, 5) is 40.4. The first kappa shape index (κ1) is 29.4. The maximum atomic E-state index is 13.4. The fraction of sp³-hybridized carbons (Fsp3) is 0.323. The minimum atomic E-state index is -0.856. The molecule has 0 saturated carbocycles. The summed E-state index contributed by atoms with van der Waals surface area (Å²) >= 11 is 0. The van der Waals surface area contributed by atoms with Crippen LogP contribution in [0.2, 0.25) is 0 Å². The van der Waals surface area contributed by atoms with Crippen molar-refractivity contribution in [1.82, 2.24) is 15.5 Å². The van der Waals surface area contributed by atoms with E-state index < -0.39 is 18.0 Å². The average Bonchev–Trinajstić information content (AvgIpc) is 3.40. The number of nitrogens with one attached hydrogen (secondary N) is 3. The Kier molecular flexibility index (Phi) is 10.2. The molecule has 0 spiro atoms. The van der Waals surface area contributed by atoms with Gasteiger partial charge in [0.2, 0.25) is 5.91 Å². The smallest absolute Gasteiger partial charge is 0.338 e. The van der Waals surface area contributed by atoms with E-state index in [0.717, 1.165) is 36.4 Å². The summed E-state index contributed by atoms with van der Waals surface area (Å²) in [6.07, 6.45) is 1.03. The lowest BCUT2D eigenvalue weighted by Gasteiger charge is -2.22. The Hall–Kier alpha value is -4.57. The highest BCUT2D eigenvalue weighted by atomic mass is 16.5. The molecule has 0 aromatic heterocycles. The van der Waals surface area contributed by atoms with Gasteiger partial charge in [0.15, 0.2) is 0 Å². The predicted molar refractivity (Wildman–Crippen MR) is 155 cm³/mol. The number of hydrogen-bond donors (Lipinski definition) is 4. The van der Waals surface area contributed by atoms with Gasteiger partial charge < -0.3 is 30.5 Å². The van der Waals surface area contributed by atoms with E-state index in [1.54, 1.807) is 62.6 Å². The quantitative estimate of drug-likeness (QED) is 0.263. The van der Waals surface area contributed by atoms with E-state index in [1.807, 2.05) is 18.2 Å². The second-order valence-electron chi connectivity index (χ2n) is 9.90. The normalized spacial score (nSPS) is 15.5.